The Morgan fingerprint density at radius 2 is 2.36 bits per heavy atom. The van der Waals surface area contributed by atoms with Gasteiger partial charge in [-0.15, -0.1) is 11.3 Å². The van der Waals surface area contributed by atoms with Gasteiger partial charge in [-0.2, -0.15) is 16.4 Å². The molecular weight excluding hydrogens is 318 g/mol. The van der Waals surface area contributed by atoms with E-state index in [1.165, 1.54) is 6.08 Å². The molecule has 0 saturated carbocycles. The Hall–Kier alpha value is -2.25. The van der Waals surface area contributed by atoms with Gasteiger partial charge in [0.05, 0.1) is 11.9 Å². The molecule has 0 amide bonds. The van der Waals surface area contributed by atoms with Crippen LogP contribution >= 0.6 is 22.7 Å². The van der Waals surface area contributed by atoms with Crippen LogP contribution in [0.15, 0.2) is 40.7 Å². The van der Waals surface area contributed by atoms with E-state index >= 15 is 0 Å². The zero-order valence-electron chi connectivity index (χ0n) is 11.8. The second-order valence-electron chi connectivity index (χ2n) is 4.54. The Kier molecular flexibility index (Phi) is 4.45. The van der Waals surface area contributed by atoms with Crippen molar-refractivity contribution in [3.63, 3.8) is 0 Å². The van der Waals surface area contributed by atoms with E-state index in [0.29, 0.717) is 0 Å². The highest BCUT2D eigenvalue weighted by Gasteiger charge is 2.06. The first-order valence-electron chi connectivity index (χ1n) is 6.51. The van der Waals surface area contributed by atoms with Gasteiger partial charge in [0.15, 0.2) is 0 Å². The van der Waals surface area contributed by atoms with E-state index in [9.17, 15) is 4.79 Å². The van der Waals surface area contributed by atoms with Crippen LogP contribution in [0.4, 0.5) is 0 Å². The molecule has 0 atom stereocenters. The topological polar surface area (TPSA) is 57.0 Å². The molecule has 0 fully saturated rings. The van der Waals surface area contributed by atoms with E-state index in [4.69, 9.17) is 4.74 Å². The molecule has 0 aliphatic carbocycles. The van der Waals surface area contributed by atoms with Crippen LogP contribution in [0.5, 0.6) is 0 Å². The van der Waals surface area contributed by atoms with Crippen molar-refractivity contribution in [2.45, 2.75) is 6.61 Å². The van der Waals surface area contributed by atoms with Crippen LogP contribution < -0.4 is 0 Å². The number of thiazole rings is 1. The molecule has 3 heterocycles. The Labute approximate surface area is 135 Å². The van der Waals surface area contributed by atoms with Gasteiger partial charge < -0.3 is 4.74 Å². The molecule has 3 aromatic heterocycles. The molecule has 3 aromatic rings. The summed E-state index contributed by atoms with van der Waals surface area (Å²) in [7, 11) is 1.82. The van der Waals surface area contributed by atoms with E-state index < -0.39 is 5.97 Å². The van der Waals surface area contributed by atoms with Crippen molar-refractivity contribution in [1.29, 1.82) is 0 Å². The summed E-state index contributed by atoms with van der Waals surface area (Å²) < 4.78 is 6.85. The highest BCUT2D eigenvalue weighted by molar-refractivity contribution is 7.14. The third-order valence-corrected chi connectivity index (χ3v) is 4.44. The maximum absolute atomic E-state index is 11.7. The van der Waals surface area contributed by atoms with Crippen LogP contribution in [0.1, 0.15) is 11.3 Å². The molecule has 7 heteroatoms. The van der Waals surface area contributed by atoms with Crippen molar-refractivity contribution in [3.8, 4) is 10.6 Å². The fourth-order valence-corrected chi connectivity index (χ4v) is 3.29. The molecule has 0 aliphatic rings. The summed E-state index contributed by atoms with van der Waals surface area (Å²) >= 11 is 3.18. The van der Waals surface area contributed by atoms with Gasteiger partial charge in [0, 0.05) is 41.2 Å². The fraction of sp³-hybridized carbons (Fsp3) is 0.133. The summed E-state index contributed by atoms with van der Waals surface area (Å²) in [5.41, 5.74) is 2.71. The van der Waals surface area contributed by atoms with Gasteiger partial charge in [-0.3, -0.25) is 4.68 Å². The Balaban J connectivity index is 1.54. The summed E-state index contributed by atoms with van der Waals surface area (Å²) in [6.45, 7) is 0.177. The first-order valence-corrected chi connectivity index (χ1v) is 8.33. The molecule has 0 N–H and O–H groups in total. The fourth-order valence-electron chi connectivity index (χ4n) is 1.78. The maximum atomic E-state index is 11.7. The van der Waals surface area contributed by atoms with Gasteiger partial charge in [0.25, 0.3) is 0 Å². The van der Waals surface area contributed by atoms with Gasteiger partial charge in [0.1, 0.15) is 11.6 Å². The highest BCUT2D eigenvalue weighted by Crippen LogP contribution is 2.25. The number of carbonyl (C=O) groups excluding carboxylic acids is 1. The van der Waals surface area contributed by atoms with E-state index in [2.05, 4.69) is 10.1 Å². The summed E-state index contributed by atoms with van der Waals surface area (Å²) in [5, 5.41) is 10.9. The first kappa shape index (κ1) is 14.7. The average Bonchev–Trinajstić information content (AvgIpc) is 3.23. The lowest BCUT2D eigenvalue weighted by atomic mass is 10.3. The summed E-state index contributed by atoms with van der Waals surface area (Å²) in [4.78, 5) is 16.1. The second-order valence-corrected chi connectivity index (χ2v) is 6.18. The zero-order valence-corrected chi connectivity index (χ0v) is 13.4. The molecular formula is C15H13N3O2S2. The molecule has 22 heavy (non-hydrogen) atoms. The number of rotatable bonds is 5. The lowest BCUT2D eigenvalue weighted by Crippen LogP contribution is -2.00. The predicted octanol–water partition coefficient (Wildman–Crippen LogP) is 3.36. The molecule has 0 spiro atoms. The third-order valence-electron chi connectivity index (χ3n) is 2.82. The second kappa shape index (κ2) is 6.67. The SMILES string of the molecule is Cn1cc(C=CC(=O)OCc2csc(-c3ccsc3)n2)cn1. The lowest BCUT2D eigenvalue weighted by Gasteiger charge is -1.97. The number of aromatic nitrogens is 3. The van der Waals surface area contributed by atoms with Crippen molar-refractivity contribution in [2.24, 2.45) is 7.05 Å². The van der Waals surface area contributed by atoms with Gasteiger partial charge in [-0.05, 0) is 17.5 Å². The summed E-state index contributed by atoms with van der Waals surface area (Å²) in [6.07, 6.45) is 6.56. The average molecular weight is 331 g/mol. The summed E-state index contributed by atoms with van der Waals surface area (Å²) in [5.74, 6) is -0.395. The van der Waals surface area contributed by atoms with Gasteiger partial charge in [-0.1, -0.05) is 0 Å². The zero-order chi connectivity index (χ0) is 15.4. The molecule has 0 aliphatic heterocycles. The molecule has 0 radical (unpaired) electrons. The van der Waals surface area contributed by atoms with Crippen LogP contribution in [-0.2, 0) is 23.2 Å². The Morgan fingerprint density at radius 3 is 3.09 bits per heavy atom. The van der Waals surface area contributed by atoms with Crippen LogP contribution in [-0.4, -0.2) is 20.7 Å². The molecule has 0 saturated heterocycles. The first-order chi connectivity index (χ1) is 10.7. The Morgan fingerprint density at radius 1 is 1.45 bits per heavy atom. The van der Waals surface area contributed by atoms with Crippen LogP contribution in [0, 0.1) is 0 Å². The largest absolute Gasteiger partial charge is 0.456 e. The van der Waals surface area contributed by atoms with E-state index in [1.807, 2.05) is 35.5 Å². The van der Waals surface area contributed by atoms with Crippen molar-refractivity contribution in [1.82, 2.24) is 14.8 Å². The van der Waals surface area contributed by atoms with E-state index in [1.54, 1.807) is 39.6 Å². The smallest absolute Gasteiger partial charge is 0.331 e. The number of nitrogens with zero attached hydrogens (tertiary/aromatic N) is 3. The predicted molar refractivity (Wildman–Crippen MR) is 87.5 cm³/mol. The number of ether oxygens (including phenoxy) is 1. The minimum absolute atomic E-state index is 0.177. The molecule has 0 aromatic carbocycles. The number of hydrogen-bond acceptors (Lipinski definition) is 6. The number of aryl methyl sites for hydroxylation is 1. The molecule has 112 valence electrons. The molecule has 5 nitrogen and oxygen atoms in total. The maximum Gasteiger partial charge on any atom is 0.331 e. The normalized spacial score (nSPS) is 11.1. The van der Waals surface area contributed by atoms with Crippen LogP contribution in [0.2, 0.25) is 0 Å². The Bertz CT molecular complexity index is 787. The minimum atomic E-state index is -0.395. The molecule has 3 rings (SSSR count). The van der Waals surface area contributed by atoms with Gasteiger partial charge in [0.2, 0.25) is 0 Å². The van der Waals surface area contributed by atoms with Crippen LogP contribution in [0.25, 0.3) is 16.6 Å². The highest BCUT2D eigenvalue weighted by atomic mass is 32.1. The number of hydrogen-bond donors (Lipinski definition) is 0. The standard InChI is InChI=1S/C15H13N3O2S2/c1-18-7-11(6-16-18)2-3-14(19)20-8-13-10-22-15(17-13)12-4-5-21-9-12/h2-7,9-10H,8H2,1H3. The van der Waals surface area contributed by atoms with Gasteiger partial charge in [-0.25, -0.2) is 9.78 Å². The minimum Gasteiger partial charge on any atom is -0.456 e. The third kappa shape index (κ3) is 3.69. The van der Waals surface area contributed by atoms with Crippen molar-refractivity contribution in [3.05, 3.63) is 51.9 Å². The van der Waals surface area contributed by atoms with Gasteiger partial charge >= 0.3 is 5.97 Å². The van der Waals surface area contributed by atoms with E-state index in [-0.39, 0.29) is 6.61 Å². The molecule has 0 unspecified atom stereocenters. The quantitative estimate of drug-likeness (QED) is 0.531. The number of esters is 1. The van der Waals surface area contributed by atoms with Crippen molar-refractivity contribution in [2.75, 3.05) is 0 Å². The van der Waals surface area contributed by atoms with Crippen molar-refractivity contribution < 1.29 is 9.53 Å². The summed E-state index contributed by atoms with van der Waals surface area (Å²) in [6, 6.07) is 2.02. The van der Waals surface area contributed by atoms with E-state index in [0.717, 1.165) is 21.8 Å². The van der Waals surface area contributed by atoms with Crippen LogP contribution in [0.3, 0.4) is 0 Å². The lowest BCUT2D eigenvalue weighted by molar-refractivity contribution is -0.139. The number of carbonyl (C=O) groups is 1. The van der Waals surface area contributed by atoms with Crippen molar-refractivity contribution >= 4 is 34.7 Å². The number of thiophene rings is 1. The monoisotopic (exact) mass is 331 g/mol. The molecule has 0 bridgehead atoms.